The van der Waals surface area contributed by atoms with E-state index in [0.29, 0.717) is 12.1 Å². The summed E-state index contributed by atoms with van der Waals surface area (Å²) < 4.78 is 18.1. The Morgan fingerprint density at radius 1 is 1.28 bits per heavy atom. The molecule has 0 spiro atoms. The predicted octanol–water partition coefficient (Wildman–Crippen LogP) is 4.23. The van der Waals surface area contributed by atoms with Crippen LogP contribution in [0.1, 0.15) is 23.2 Å². The van der Waals surface area contributed by atoms with Crippen molar-refractivity contribution in [1.29, 1.82) is 0 Å². The van der Waals surface area contributed by atoms with Crippen LogP contribution >= 0.6 is 15.9 Å². The molecule has 0 unspecified atom stereocenters. The van der Waals surface area contributed by atoms with E-state index in [-0.39, 0.29) is 28.3 Å². The summed E-state index contributed by atoms with van der Waals surface area (Å²) in [5.74, 6) is -0.489. The van der Waals surface area contributed by atoms with E-state index in [4.69, 9.17) is 4.94 Å². The fourth-order valence-corrected chi connectivity index (χ4v) is 2.67. The Kier molecular flexibility index (Phi) is 6.90. The Labute approximate surface area is 174 Å². The van der Waals surface area contributed by atoms with Gasteiger partial charge in [-0.3, -0.25) is 9.73 Å². The number of nitrogens with one attached hydrogen (secondary N) is 2. The number of aromatic nitrogens is 2. The third kappa shape index (κ3) is 6.11. The Bertz CT molecular complexity index is 1010. The molecular weight excluding hydrogens is 445 g/mol. The lowest BCUT2D eigenvalue weighted by atomic mass is 10.1. The number of nitrogens with zero attached hydrogens (tertiary/aromatic N) is 3. The quantitative estimate of drug-likeness (QED) is 0.384. The van der Waals surface area contributed by atoms with E-state index in [1.807, 2.05) is 31.2 Å². The minimum absolute atomic E-state index is 0.135. The fourth-order valence-electron chi connectivity index (χ4n) is 2.29. The van der Waals surface area contributed by atoms with Crippen molar-refractivity contribution in [1.82, 2.24) is 10.3 Å². The summed E-state index contributed by atoms with van der Waals surface area (Å²) in [5, 5.41) is 13.6. The Morgan fingerprint density at radius 2 is 2.07 bits per heavy atom. The highest BCUT2D eigenvalue weighted by atomic mass is 79.9. The van der Waals surface area contributed by atoms with Crippen LogP contribution in [0.25, 0.3) is 0 Å². The summed E-state index contributed by atoms with van der Waals surface area (Å²) in [6.45, 7) is 2.01. The standard InChI is InChI=1S/C19H17BrFN5O3/c1-12-2-4-13(5-3-12)6-9-18(27)23-19-17(25-29-26-19)11-22-28-24-14-7-8-16(21)15(20)10-14/h2-5,7-8,10-11,24H,6,9H2,1H3,(H,23,26,27)/b22-11+. The van der Waals surface area contributed by atoms with Crippen molar-refractivity contribution in [3.8, 4) is 0 Å². The molecule has 0 aliphatic carbocycles. The molecular formula is C19H17BrFN5O3. The van der Waals surface area contributed by atoms with Crippen LogP contribution in [0.5, 0.6) is 0 Å². The van der Waals surface area contributed by atoms with E-state index in [2.05, 4.69) is 46.8 Å². The molecule has 3 aromatic rings. The first kappa shape index (κ1) is 20.5. The zero-order chi connectivity index (χ0) is 20.6. The predicted molar refractivity (Wildman–Crippen MR) is 109 cm³/mol. The molecule has 8 nitrogen and oxygen atoms in total. The van der Waals surface area contributed by atoms with Gasteiger partial charge in [0.15, 0.2) is 5.69 Å². The average Bonchev–Trinajstić information content (AvgIpc) is 3.14. The van der Waals surface area contributed by atoms with Gasteiger partial charge in [0.2, 0.25) is 11.7 Å². The van der Waals surface area contributed by atoms with Crippen molar-refractivity contribution >= 4 is 39.6 Å². The average molecular weight is 462 g/mol. The number of hydrogen-bond donors (Lipinski definition) is 2. The van der Waals surface area contributed by atoms with Crippen molar-refractivity contribution in [3.05, 3.63) is 69.6 Å². The van der Waals surface area contributed by atoms with Crippen LogP contribution in [0.15, 0.2) is 56.7 Å². The van der Waals surface area contributed by atoms with Gasteiger partial charge >= 0.3 is 0 Å². The number of carbonyl (C=O) groups excluding carboxylic acids is 1. The Balaban J connectivity index is 1.49. The minimum Gasteiger partial charge on any atom is -0.306 e. The molecule has 0 radical (unpaired) electrons. The third-order valence-corrected chi connectivity index (χ3v) is 4.45. The first-order chi connectivity index (χ1) is 14.0. The van der Waals surface area contributed by atoms with Gasteiger partial charge in [0.25, 0.3) is 0 Å². The monoisotopic (exact) mass is 461 g/mol. The lowest BCUT2D eigenvalue weighted by molar-refractivity contribution is -0.116. The van der Waals surface area contributed by atoms with Gasteiger partial charge in [-0.25, -0.2) is 9.02 Å². The van der Waals surface area contributed by atoms with E-state index in [1.54, 1.807) is 0 Å². The number of aryl methyl sites for hydroxylation is 2. The van der Waals surface area contributed by atoms with Gasteiger partial charge in [0.1, 0.15) is 12.0 Å². The van der Waals surface area contributed by atoms with E-state index in [1.165, 1.54) is 30.0 Å². The summed E-state index contributed by atoms with van der Waals surface area (Å²) in [5.41, 5.74) is 5.43. The van der Waals surface area contributed by atoms with Gasteiger partial charge in [-0.1, -0.05) is 35.0 Å². The molecule has 0 fully saturated rings. The van der Waals surface area contributed by atoms with Crippen molar-refractivity contribution in [2.45, 2.75) is 19.8 Å². The van der Waals surface area contributed by atoms with Gasteiger partial charge in [-0.05, 0) is 63.4 Å². The molecule has 0 aliphatic heterocycles. The summed E-state index contributed by atoms with van der Waals surface area (Å²) >= 11 is 3.07. The lowest BCUT2D eigenvalue weighted by Crippen LogP contribution is -2.14. The second kappa shape index (κ2) is 9.78. The van der Waals surface area contributed by atoms with Gasteiger partial charge in [0, 0.05) is 6.42 Å². The molecule has 2 N–H and O–H groups in total. The summed E-state index contributed by atoms with van der Waals surface area (Å²) in [6, 6.07) is 12.2. The molecule has 1 amide bonds. The smallest absolute Gasteiger partial charge is 0.226 e. The maximum absolute atomic E-state index is 13.2. The molecule has 2 aromatic carbocycles. The van der Waals surface area contributed by atoms with Crippen molar-refractivity contribution < 1.29 is 18.8 Å². The summed E-state index contributed by atoms with van der Waals surface area (Å²) in [4.78, 5) is 17.1. The molecule has 150 valence electrons. The number of halogens is 2. The van der Waals surface area contributed by atoms with E-state index >= 15 is 0 Å². The number of anilines is 2. The SMILES string of the molecule is Cc1ccc(CCC(=O)Nc2nonc2/C=N/ONc2ccc(F)c(Br)c2)cc1. The van der Waals surface area contributed by atoms with Crippen LogP contribution in [-0.2, 0) is 16.2 Å². The van der Waals surface area contributed by atoms with Crippen LogP contribution in [0, 0.1) is 12.7 Å². The van der Waals surface area contributed by atoms with Gasteiger partial charge < -0.3 is 5.32 Å². The molecule has 29 heavy (non-hydrogen) atoms. The molecule has 0 saturated carbocycles. The molecule has 3 rings (SSSR count). The molecule has 1 heterocycles. The summed E-state index contributed by atoms with van der Waals surface area (Å²) in [7, 11) is 0. The highest BCUT2D eigenvalue weighted by Gasteiger charge is 2.12. The number of benzene rings is 2. The normalized spacial score (nSPS) is 10.9. The fraction of sp³-hybridized carbons (Fsp3) is 0.158. The molecule has 0 saturated heterocycles. The minimum atomic E-state index is -0.393. The van der Waals surface area contributed by atoms with Crippen LogP contribution in [-0.4, -0.2) is 22.4 Å². The Hall–Kier alpha value is -3.27. The zero-order valence-electron chi connectivity index (χ0n) is 15.4. The van der Waals surface area contributed by atoms with Crippen LogP contribution in [0.3, 0.4) is 0 Å². The van der Waals surface area contributed by atoms with E-state index in [0.717, 1.165) is 5.56 Å². The van der Waals surface area contributed by atoms with Crippen molar-refractivity contribution in [2.75, 3.05) is 10.8 Å². The second-order valence-electron chi connectivity index (χ2n) is 6.09. The highest BCUT2D eigenvalue weighted by molar-refractivity contribution is 9.10. The molecule has 10 heteroatoms. The van der Waals surface area contributed by atoms with E-state index in [9.17, 15) is 9.18 Å². The molecule has 1 aromatic heterocycles. The van der Waals surface area contributed by atoms with Crippen LogP contribution in [0.4, 0.5) is 15.9 Å². The Morgan fingerprint density at radius 3 is 2.83 bits per heavy atom. The lowest BCUT2D eigenvalue weighted by Gasteiger charge is -2.04. The number of rotatable bonds is 8. The summed E-state index contributed by atoms with van der Waals surface area (Å²) in [6.07, 6.45) is 2.10. The van der Waals surface area contributed by atoms with E-state index < -0.39 is 5.82 Å². The molecule has 0 bridgehead atoms. The molecule has 0 aliphatic rings. The topological polar surface area (TPSA) is 102 Å². The maximum atomic E-state index is 13.2. The zero-order valence-corrected chi connectivity index (χ0v) is 16.9. The maximum Gasteiger partial charge on any atom is 0.226 e. The first-order valence-electron chi connectivity index (χ1n) is 8.59. The second-order valence-corrected chi connectivity index (χ2v) is 6.94. The highest BCUT2D eigenvalue weighted by Crippen LogP contribution is 2.20. The van der Waals surface area contributed by atoms with Gasteiger partial charge in [-0.2, -0.15) is 5.48 Å². The number of amides is 1. The van der Waals surface area contributed by atoms with Crippen LogP contribution in [0.2, 0.25) is 0 Å². The first-order valence-corrected chi connectivity index (χ1v) is 9.39. The van der Waals surface area contributed by atoms with Crippen molar-refractivity contribution in [3.63, 3.8) is 0 Å². The largest absolute Gasteiger partial charge is 0.306 e. The van der Waals surface area contributed by atoms with Gasteiger partial charge in [-0.15, -0.1) is 0 Å². The molecule has 0 atom stereocenters. The van der Waals surface area contributed by atoms with Crippen LogP contribution < -0.4 is 10.8 Å². The number of hydrogen-bond acceptors (Lipinski definition) is 7. The number of carbonyl (C=O) groups is 1. The van der Waals surface area contributed by atoms with Gasteiger partial charge in [0.05, 0.1) is 10.2 Å². The number of oxime groups is 1. The van der Waals surface area contributed by atoms with Crippen molar-refractivity contribution in [2.24, 2.45) is 5.16 Å². The third-order valence-electron chi connectivity index (χ3n) is 3.84.